The van der Waals surface area contributed by atoms with Crippen LogP contribution in [0.2, 0.25) is 0 Å². The van der Waals surface area contributed by atoms with E-state index in [9.17, 15) is 0 Å². The molecular weight excluding hydrogens is 222 g/mol. The third-order valence-corrected chi connectivity index (χ3v) is 3.41. The molecular formula is C10H17N5S. The summed E-state index contributed by atoms with van der Waals surface area (Å²) in [4.78, 5) is 0. The van der Waals surface area contributed by atoms with Crippen molar-refractivity contribution in [3.8, 4) is 6.07 Å². The molecule has 1 rings (SSSR count). The van der Waals surface area contributed by atoms with Crippen molar-refractivity contribution in [2.75, 3.05) is 5.75 Å². The number of nitrogens with zero attached hydrogens (tertiary/aromatic N) is 5. The number of thioether (sulfide) groups is 1. The first-order valence-corrected chi connectivity index (χ1v) is 6.30. The van der Waals surface area contributed by atoms with E-state index in [0.717, 1.165) is 30.2 Å². The zero-order valence-electron chi connectivity index (χ0n) is 9.97. The summed E-state index contributed by atoms with van der Waals surface area (Å²) in [6.07, 6.45) is 3.10. The highest BCUT2D eigenvalue weighted by atomic mass is 32.2. The van der Waals surface area contributed by atoms with Crippen LogP contribution in [0.1, 0.15) is 33.1 Å². The molecule has 5 nitrogen and oxygen atoms in total. The Kier molecular flexibility index (Phi) is 4.74. The number of tetrazole rings is 1. The van der Waals surface area contributed by atoms with E-state index in [1.54, 1.807) is 16.4 Å². The Balaban J connectivity index is 2.14. The van der Waals surface area contributed by atoms with Gasteiger partial charge in [0.05, 0.1) is 11.5 Å². The topological polar surface area (TPSA) is 67.4 Å². The summed E-state index contributed by atoms with van der Waals surface area (Å²) >= 11 is 1.66. The zero-order valence-corrected chi connectivity index (χ0v) is 10.8. The predicted molar refractivity (Wildman–Crippen MR) is 62.8 cm³/mol. The third-order valence-electron chi connectivity index (χ3n) is 2.31. The minimum atomic E-state index is -0.197. The van der Waals surface area contributed by atoms with Gasteiger partial charge >= 0.3 is 0 Å². The normalized spacial score (nSPS) is 11.4. The fourth-order valence-electron chi connectivity index (χ4n) is 1.23. The second-order valence-electron chi connectivity index (χ2n) is 4.39. The fourth-order valence-corrected chi connectivity index (χ4v) is 2.08. The van der Waals surface area contributed by atoms with Crippen LogP contribution in [0.4, 0.5) is 0 Å². The van der Waals surface area contributed by atoms with Crippen molar-refractivity contribution in [3.63, 3.8) is 0 Å². The maximum Gasteiger partial charge on any atom is 0.209 e. The molecule has 0 spiro atoms. The largest absolute Gasteiger partial charge is 0.224 e. The van der Waals surface area contributed by atoms with Crippen LogP contribution < -0.4 is 0 Å². The van der Waals surface area contributed by atoms with Crippen molar-refractivity contribution in [1.29, 1.82) is 5.26 Å². The third kappa shape index (κ3) is 4.19. The first-order valence-electron chi connectivity index (χ1n) is 5.31. The molecule has 1 aromatic heterocycles. The van der Waals surface area contributed by atoms with Crippen molar-refractivity contribution < 1.29 is 0 Å². The Morgan fingerprint density at radius 1 is 1.44 bits per heavy atom. The summed E-state index contributed by atoms with van der Waals surface area (Å²) in [6.45, 7) is 3.96. The average Bonchev–Trinajstić information content (AvgIpc) is 2.64. The van der Waals surface area contributed by atoms with Gasteiger partial charge in [0.15, 0.2) is 0 Å². The van der Waals surface area contributed by atoms with Gasteiger partial charge in [0.2, 0.25) is 5.16 Å². The van der Waals surface area contributed by atoms with E-state index in [4.69, 9.17) is 5.26 Å². The summed E-state index contributed by atoms with van der Waals surface area (Å²) in [7, 11) is 1.83. The SMILES string of the molecule is Cn1nnnc1SCCCCC(C)(C)C#N. The number of hydrogen-bond donors (Lipinski definition) is 0. The fraction of sp³-hybridized carbons (Fsp3) is 0.800. The summed E-state index contributed by atoms with van der Waals surface area (Å²) in [5.41, 5.74) is -0.197. The van der Waals surface area contributed by atoms with Gasteiger partial charge in [0.25, 0.3) is 0 Å². The van der Waals surface area contributed by atoms with E-state index in [1.807, 2.05) is 20.9 Å². The lowest BCUT2D eigenvalue weighted by molar-refractivity contribution is 0.433. The Labute approximate surface area is 100 Å². The van der Waals surface area contributed by atoms with Crippen molar-refractivity contribution in [2.24, 2.45) is 12.5 Å². The van der Waals surface area contributed by atoms with Crippen LogP contribution >= 0.6 is 11.8 Å². The van der Waals surface area contributed by atoms with Gasteiger partial charge in [-0.15, -0.1) is 5.10 Å². The Hall–Kier alpha value is -1.09. The van der Waals surface area contributed by atoms with Crippen molar-refractivity contribution in [3.05, 3.63) is 0 Å². The summed E-state index contributed by atoms with van der Waals surface area (Å²) in [5.74, 6) is 0.996. The number of nitriles is 1. The molecule has 16 heavy (non-hydrogen) atoms. The Morgan fingerprint density at radius 3 is 2.75 bits per heavy atom. The van der Waals surface area contributed by atoms with Gasteiger partial charge in [-0.3, -0.25) is 0 Å². The minimum Gasteiger partial charge on any atom is -0.224 e. The number of aryl methyl sites for hydroxylation is 1. The lowest BCUT2D eigenvalue weighted by atomic mass is 9.89. The second-order valence-corrected chi connectivity index (χ2v) is 5.45. The lowest BCUT2D eigenvalue weighted by Gasteiger charge is -2.13. The molecule has 0 atom stereocenters. The molecule has 0 amide bonds. The van der Waals surface area contributed by atoms with Gasteiger partial charge < -0.3 is 0 Å². The van der Waals surface area contributed by atoms with Gasteiger partial charge in [0.1, 0.15) is 0 Å². The number of aromatic nitrogens is 4. The van der Waals surface area contributed by atoms with Gasteiger partial charge in [0, 0.05) is 12.8 Å². The van der Waals surface area contributed by atoms with Crippen LogP contribution in [-0.2, 0) is 7.05 Å². The van der Waals surface area contributed by atoms with Gasteiger partial charge in [-0.05, 0) is 37.1 Å². The number of hydrogen-bond acceptors (Lipinski definition) is 5. The molecule has 0 unspecified atom stereocenters. The van der Waals surface area contributed by atoms with Gasteiger partial charge in [-0.25, -0.2) is 4.68 Å². The Morgan fingerprint density at radius 2 is 2.19 bits per heavy atom. The van der Waals surface area contributed by atoms with Crippen LogP contribution in [0.25, 0.3) is 0 Å². The predicted octanol–water partition coefficient (Wildman–Crippen LogP) is 2.02. The first kappa shape index (κ1) is 13.0. The highest BCUT2D eigenvalue weighted by Gasteiger charge is 2.15. The molecule has 0 radical (unpaired) electrons. The summed E-state index contributed by atoms with van der Waals surface area (Å²) in [6, 6.07) is 2.31. The molecule has 0 saturated heterocycles. The van der Waals surface area contributed by atoms with Crippen LogP contribution in [0.15, 0.2) is 5.16 Å². The monoisotopic (exact) mass is 239 g/mol. The van der Waals surface area contributed by atoms with E-state index in [2.05, 4.69) is 21.6 Å². The Bertz CT molecular complexity index is 366. The van der Waals surface area contributed by atoms with Crippen molar-refractivity contribution in [2.45, 2.75) is 38.3 Å². The van der Waals surface area contributed by atoms with E-state index in [1.165, 1.54) is 0 Å². The molecule has 0 aromatic carbocycles. The van der Waals surface area contributed by atoms with Gasteiger partial charge in [-0.1, -0.05) is 18.2 Å². The molecule has 6 heteroatoms. The molecule has 0 bridgehead atoms. The van der Waals surface area contributed by atoms with Crippen molar-refractivity contribution >= 4 is 11.8 Å². The molecule has 0 aliphatic heterocycles. The summed E-state index contributed by atoms with van der Waals surface area (Å²) < 4.78 is 1.67. The molecule has 0 aliphatic rings. The molecule has 0 aliphatic carbocycles. The maximum absolute atomic E-state index is 8.85. The van der Waals surface area contributed by atoms with Crippen LogP contribution in [-0.4, -0.2) is 26.0 Å². The van der Waals surface area contributed by atoms with E-state index in [0.29, 0.717) is 0 Å². The van der Waals surface area contributed by atoms with E-state index in [-0.39, 0.29) is 5.41 Å². The molecule has 1 heterocycles. The molecule has 1 aromatic rings. The minimum absolute atomic E-state index is 0.197. The van der Waals surface area contributed by atoms with Crippen molar-refractivity contribution in [1.82, 2.24) is 20.2 Å². The van der Waals surface area contributed by atoms with E-state index < -0.39 is 0 Å². The van der Waals surface area contributed by atoms with E-state index >= 15 is 0 Å². The first-order chi connectivity index (χ1) is 7.55. The molecule has 88 valence electrons. The molecule has 0 saturated carbocycles. The molecule has 0 fully saturated rings. The smallest absolute Gasteiger partial charge is 0.209 e. The maximum atomic E-state index is 8.85. The number of rotatable bonds is 6. The zero-order chi connectivity index (χ0) is 12.0. The van der Waals surface area contributed by atoms with Crippen LogP contribution in [0, 0.1) is 16.7 Å². The van der Waals surface area contributed by atoms with Crippen LogP contribution in [0.5, 0.6) is 0 Å². The second kappa shape index (κ2) is 5.85. The number of unbranched alkanes of at least 4 members (excludes halogenated alkanes) is 1. The lowest BCUT2D eigenvalue weighted by Crippen LogP contribution is -2.07. The highest BCUT2D eigenvalue weighted by Crippen LogP contribution is 2.23. The quantitative estimate of drug-likeness (QED) is 0.561. The van der Waals surface area contributed by atoms with Gasteiger partial charge in [-0.2, -0.15) is 5.26 Å². The summed E-state index contributed by atoms with van der Waals surface area (Å²) in [5, 5.41) is 20.9. The standard InChI is InChI=1S/C10H17N5S/c1-10(2,8-11)6-4-5-7-16-9-12-13-14-15(9)3/h4-7H2,1-3H3. The highest BCUT2D eigenvalue weighted by molar-refractivity contribution is 7.99. The average molecular weight is 239 g/mol. The molecule has 0 N–H and O–H groups in total. The van der Waals surface area contributed by atoms with Crippen LogP contribution in [0.3, 0.4) is 0 Å².